The molecule has 96 valence electrons. The van der Waals surface area contributed by atoms with Crippen LogP contribution in [0.5, 0.6) is 0 Å². The summed E-state index contributed by atoms with van der Waals surface area (Å²) in [6.45, 7) is 6.60. The quantitative estimate of drug-likeness (QED) is 0.718. The van der Waals surface area contributed by atoms with E-state index in [0.717, 1.165) is 0 Å². The lowest BCUT2D eigenvalue weighted by molar-refractivity contribution is 0.0113. The van der Waals surface area contributed by atoms with Gasteiger partial charge in [-0.05, 0) is 20.8 Å². The van der Waals surface area contributed by atoms with E-state index >= 15 is 0 Å². The third-order valence-corrected chi connectivity index (χ3v) is 2.33. The number of hydrogen-bond acceptors (Lipinski definition) is 4. The van der Waals surface area contributed by atoms with E-state index < -0.39 is 17.8 Å². The zero-order valence-electron chi connectivity index (χ0n) is 10.2. The molecule has 2 atom stereocenters. The van der Waals surface area contributed by atoms with Gasteiger partial charge in [-0.1, -0.05) is 0 Å². The molecule has 16 heavy (non-hydrogen) atoms. The van der Waals surface area contributed by atoms with Gasteiger partial charge in [0.25, 0.3) is 0 Å². The Hall–Kier alpha value is -0.520. The largest absolute Gasteiger partial charge is 0.444 e. The number of halogens is 1. The Kier molecular flexibility index (Phi) is 5.52. The van der Waals surface area contributed by atoms with Crippen molar-refractivity contribution >= 4 is 18.5 Å². The van der Waals surface area contributed by atoms with Crippen LogP contribution in [0.4, 0.5) is 4.79 Å². The van der Waals surface area contributed by atoms with E-state index in [1.807, 2.05) is 20.8 Å². The molecule has 1 saturated heterocycles. The van der Waals surface area contributed by atoms with Crippen molar-refractivity contribution < 1.29 is 14.6 Å². The Morgan fingerprint density at radius 1 is 1.44 bits per heavy atom. The average Bonchev–Trinajstić information content (AvgIpc) is 2.47. The Labute approximate surface area is 103 Å². The summed E-state index contributed by atoms with van der Waals surface area (Å²) in [4.78, 5) is 13.1. The lowest BCUT2D eigenvalue weighted by atomic mass is 10.2. The molecule has 0 bridgehead atoms. The first-order chi connectivity index (χ1) is 6.81. The SMILES string of the molecule is CN(C(=O)OC(C)(C)C)C1CNCC1O.Cl. The molecular weight excluding hydrogens is 232 g/mol. The Morgan fingerprint density at radius 3 is 2.38 bits per heavy atom. The highest BCUT2D eigenvalue weighted by atomic mass is 35.5. The summed E-state index contributed by atoms with van der Waals surface area (Å²) in [5.74, 6) is 0. The zero-order chi connectivity index (χ0) is 11.6. The smallest absolute Gasteiger partial charge is 0.410 e. The standard InChI is InChI=1S/C10H20N2O3.ClH/c1-10(2,3)15-9(14)12(4)7-5-11-6-8(7)13;/h7-8,11,13H,5-6H2,1-4H3;1H. The lowest BCUT2D eigenvalue weighted by Gasteiger charge is -2.29. The van der Waals surface area contributed by atoms with Crippen molar-refractivity contribution in [3.63, 3.8) is 0 Å². The molecule has 0 aromatic rings. The second-order valence-electron chi connectivity index (χ2n) is 4.88. The van der Waals surface area contributed by atoms with Crippen LogP contribution in [0.25, 0.3) is 0 Å². The molecule has 2 N–H and O–H groups in total. The summed E-state index contributed by atoms with van der Waals surface area (Å²) in [7, 11) is 1.65. The first kappa shape index (κ1) is 15.5. The molecule has 1 amide bonds. The maximum atomic E-state index is 11.7. The third kappa shape index (κ3) is 4.15. The van der Waals surface area contributed by atoms with Crippen LogP contribution in [-0.2, 0) is 4.74 Å². The van der Waals surface area contributed by atoms with Crippen LogP contribution in [-0.4, -0.2) is 54.0 Å². The molecule has 1 rings (SSSR count). The molecule has 1 aliphatic heterocycles. The molecule has 0 aliphatic carbocycles. The first-order valence-electron chi connectivity index (χ1n) is 5.16. The summed E-state index contributed by atoms with van der Waals surface area (Å²) >= 11 is 0. The predicted molar refractivity (Wildman–Crippen MR) is 63.9 cm³/mol. The zero-order valence-corrected chi connectivity index (χ0v) is 11.0. The lowest BCUT2D eigenvalue weighted by Crippen LogP contribution is -2.46. The highest BCUT2D eigenvalue weighted by Gasteiger charge is 2.33. The van der Waals surface area contributed by atoms with Crippen LogP contribution in [0.1, 0.15) is 20.8 Å². The molecule has 0 aromatic carbocycles. The molecule has 1 heterocycles. The maximum absolute atomic E-state index is 11.7. The average molecular weight is 253 g/mol. The second kappa shape index (κ2) is 5.70. The molecule has 1 fully saturated rings. The number of hydrogen-bond donors (Lipinski definition) is 2. The van der Waals surface area contributed by atoms with Crippen LogP contribution in [0.15, 0.2) is 0 Å². The van der Waals surface area contributed by atoms with E-state index in [2.05, 4.69) is 5.32 Å². The van der Waals surface area contributed by atoms with E-state index in [9.17, 15) is 9.90 Å². The fraction of sp³-hybridized carbons (Fsp3) is 0.900. The van der Waals surface area contributed by atoms with Gasteiger partial charge in [-0.3, -0.25) is 0 Å². The predicted octanol–water partition coefficient (Wildman–Crippen LogP) is 0.608. The van der Waals surface area contributed by atoms with E-state index in [1.54, 1.807) is 7.05 Å². The van der Waals surface area contributed by atoms with Crippen LogP contribution in [0.2, 0.25) is 0 Å². The minimum absolute atomic E-state index is 0. The Morgan fingerprint density at radius 2 is 2.00 bits per heavy atom. The van der Waals surface area contributed by atoms with Gasteiger partial charge >= 0.3 is 6.09 Å². The number of nitrogens with one attached hydrogen (secondary N) is 1. The van der Waals surface area contributed by atoms with E-state index in [-0.39, 0.29) is 18.4 Å². The second-order valence-corrected chi connectivity index (χ2v) is 4.88. The van der Waals surface area contributed by atoms with Crippen LogP contribution < -0.4 is 5.32 Å². The van der Waals surface area contributed by atoms with Crippen molar-refractivity contribution in [1.29, 1.82) is 0 Å². The van der Waals surface area contributed by atoms with Crippen molar-refractivity contribution in [3.05, 3.63) is 0 Å². The molecule has 1 aliphatic rings. The molecule has 0 radical (unpaired) electrons. The third-order valence-electron chi connectivity index (χ3n) is 2.33. The van der Waals surface area contributed by atoms with Crippen molar-refractivity contribution in [2.75, 3.05) is 20.1 Å². The van der Waals surface area contributed by atoms with Crippen molar-refractivity contribution in [2.45, 2.75) is 38.5 Å². The molecule has 0 aromatic heterocycles. The summed E-state index contributed by atoms with van der Waals surface area (Å²) < 4.78 is 5.21. The van der Waals surface area contributed by atoms with Gasteiger partial charge in [-0.15, -0.1) is 12.4 Å². The molecular formula is C10H21ClN2O3. The highest BCUT2D eigenvalue weighted by Crippen LogP contribution is 2.13. The van der Waals surface area contributed by atoms with Crippen molar-refractivity contribution in [1.82, 2.24) is 10.2 Å². The van der Waals surface area contributed by atoms with E-state index in [0.29, 0.717) is 13.1 Å². The monoisotopic (exact) mass is 252 g/mol. The molecule has 5 nitrogen and oxygen atoms in total. The minimum Gasteiger partial charge on any atom is -0.444 e. The Balaban J connectivity index is 0.00000225. The number of aliphatic hydroxyl groups excluding tert-OH is 1. The van der Waals surface area contributed by atoms with Gasteiger partial charge in [0, 0.05) is 20.1 Å². The normalized spacial score (nSPS) is 24.8. The number of carbonyl (C=O) groups excluding carboxylic acids is 1. The van der Waals surface area contributed by atoms with E-state index in [4.69, 9.17) is 4.74 Å². The van der Waals surface area contributed by atoms with Gasteiger partial charge in [-0.2, -0.15) is 0 Å². The van der Waals surface area contributed by atoms with Gasteiger partial charge in [0.15, 0.2) is 0 Å². The summed E-state index contributed by atoms with van der Waals surface area (Å²) in [5, 5.41) is 12.6. The summed E-state index contributed by atoms with van der Waals surface area (Å²) in [5.41, 5.74) is -0.498. The van der Waals surface area contributed by atoms with Crippen molar-refractivity contribution in [3.8, 4) is 0 Å². The molecule has 6 heteroatoms. The fourth-order valence-electron chi connectivity index (χ4n) is 1.52. The van der Waals surface area contributed by atoms with E-state index in [1.165, 1.54) is 4.90 Å². The topological polar surface area (TPSA) is 61.8 Å². The van der Waals surface area contributed by atoms with Crippen LogP contribution in [0.3, 0.4) is 0 Å². The highest BCUT2D eigenvalue weighted by molar-refractivity contribution is 5.85. The summed E-state index contributed by atoms with van der Waals surface area (Å²) in [6, 6.07) is -0.195. The number of β-amino-alcohol motifs (C(OH)–C–C–N with tert-alkyl or cyclic N) is 1. The van der Waals surface area contributed by atoms with Gasteiger partial charge in [-0.25, -0.2) is 4.79 Å². The van der Waals surface area contributed by atoms with Gasteiger partial charge in [0.05, 0.1) is 12.1 Å². The Bertz CT molecular complexity index is 243. The minimum atomic E-state index is -0.512. The molecule has 2 unspecified atom stereocenters. The number of ether oxygens (including phenoxy) is 1. The van der Waals surface area contributed by atoms with Gasteiger partial charge < -0.3 is 20.1 Å². The fourth-order valence-corrected chi connectivity index (χ4v) is 1.52. The van der Waals surface area contributed by atoms with Gasteiger partial charge in [0.1, 0.15) is 5.60 Å². The first-order valence-corrected chi connectivity index (χ1v) is 5.16. The number of amides is 1. The number of likely N-dealkylation sites (N-methyl/N-ethyl adjacent to an activating group) is 1. The number of aliphatic hydroxyl groups is 1. The van der Waals surface area contributed by atoms with Crippen LogP contribution >= 0.6 is 12.4 Å². The van der Waals surface area contributed by atoms with Crippen molar-refractivity contribution in [2.24, 2.45) is 0 Å². The number of rotatable bonds is 1. The maximum Gasteiger partial charge on any atom is 0.410 e. The number of carbonyl (C=O) groups is 1. The molecule has 0 saturated carbocycles. The van der Waals surface area contributed by atoms with Crippen LogP contribution in [0, 0.1) is 0 Å². The number of nitrogens with zero attached hydrogens (tertiary/aromatic N) is 1. The molecule has 0 spiro atoms. The van der Waals surface area contributed by atoms with Gasteiger partial charge in [0.2, 0.25) is 0 Å². The summed E-state index contributed by atoms with van der Waals surface area (Å²) in [6.07, 6.45) is -0.905.